The lowest BCUT2D eigenvalue weighted by molar-refractivity contribution is 0.414. The molecule has 0 aliphatic rings. The molecule has 18 heavy (non-hydrogen) atoms. The Hall–Kier alpha value is -2.36. The summed E-state index contributed by atoms with van der Waals surface area (Å²) in [6.45, 7) is 0.761. The molecular formula is C14H13N3O. The molecule has 0 spiro atoms. The first-order chi connectivity index (χ1) is 8.86. The fourth-order valence-electron chi connectivity index (χ4n) is 1.94. The van der Waals surface area contributed by atoms with E-state index in [-0.39, 0.29) is 0 Å². The number of aromatic nitrogens is 3. The van der Waals surface area contributed by atoms with Crippen LogP contribution in [0.15, 0.2) is 48.9 Å². The van der Waals surface area contributed by atoms with Gasteiger partial charge in [0.2, 0.25) is 0 Å². The van der Waals surface area contributed by atoms with Gasteiger partial charge in [0.05, 0.1) is 20.0 Å². The van der Waals surface area contributed by atoms with Crippen molar-refractivity contribution in [1.29, 1.82) is 0 Å². The predicted molar refractivity (Wildman–Crippen MR) is 69.6 cm³/mol. The van der Waals surface area contributed by atoms with Gasteiger partial charge in [0.15, 0.2) is 5.65 Å². The van der Waals surface area contributed by atoms with Gasteiger partial charge in [-0.1, -0.05) is 12.1 Å². The highest BCUT2D eigenvalue weighted by atomic mass is 16.5. The zero-order chi connectivity index (χ0) is 12.4. The minimum atomic E-state index is 0.761. The van der Waals surface area contributed by atoms with Gasteiger partial charge in [-0.2, -0.15) is 0 Å². The third-order valence-electron chi connectivity index (χ3n) is 2.89. The lowest BCUT2D eigenvalue weighted by Gasteiger charge is -2.05. The van der Waals surface area contributed by atoms with Crippen LogP contribution in [0.4, 0.5) is 0 Å². The Kier molecular flexibility index (Phi) is 2.68. The van der Waals surface area contributed by atoms with Crippen molar-refractivity contribution in [1.82, 2.24) is 14.5 Å². The van der Waals surface area contributed by atoms with Crippen LogP contribution < -0.4 is 4.74 Å². The van der Waals surface area contributed by atoms with Crippen molar-refractivity contribution in [2.75, 3.05) is 7.11 Å². The van der Waals surface area contributed by atoms with Crippen molar-refractivity contribution in [3.8, 4) is 5.75 Å². The molecule has 0 atom stereocenters. The Morgan fingerprint density at radius 1 is 1.11 bits per heavy atom. The van der Waals surface area contributed by atoms with Gasteiger partial charge in [0.1, 0.15) is 11.3 Å². The Bertz CT molecular complexity index is 658. The molecule has 90 valence electrons. The maximum Gasteiger partial charge on any atom is 0.160 e. The predicted octanol–water partition coefficient (Wildman–Crippen LogP) is 2.49. The van der Waals surface area contributed by atoms with E-state index in [0.717, 1.165) is 23.5 Å². The largest absolute Gasteiger partial charge is 0.497 e. The fraction of sp³-hybridized carbons (Fsp3) is 0.143. The molecule has 0 fully saturated rings. The fourth-order valence-corrected chi connectivity index (χ4v) is 1.94. The van der Waals surface area contributed by atoms with E-state index in [9.17, 15) is 0 Å². The lowest BCUT2D eigenvalue weighted by atomic mass is 10.2. The van der Waals surface area contributed by atoms with Gasteiger partial charge in [0, 0.05) is 6.20 Å². The second kappa shape index (κ2) is 4.49. The van der Waals surface area contributed by atoms with Gasteiger partial charge < -0.3 is 9.30 Å². The first kappa shape index (κ1) is 10.8. The number of rotatable bonds is 3. The Labute approximate surface area is 105 Å². The van der Waals surface area contributed by atoms with Crippen LogP contribution in [-0.4, -0.2) is 21.6 Å². The molecule has 3 rings (SSSR count). The van der Waals surface area contributed by atoms with Crippen LogP contribution >= 0.6 is 0 Å². The standard InChI is InChI=1S/C14H13N3O/c1-18-12-6-4-11(5-7-12)9-17-10-16-13-3-2-8-15-14(13)17/h2-8,10H,9H2,1H3. The second-order valence-corrected chi connectivity index (χ2v) is 4.07. The van der Waals surface area contributed by atoms with Gasteiger partial charge in [-0.25, -0.2) is 9.97 Å². The highest BCUT2D eigenvalue weighted by molar-refractivity contribution is 5.70. The minimum Gasteiger partial charge on any atom is -0.497 e. The SMILES string of the molecule is COc1ccc(Cn2cnc3cccnc32)cc1. The zero-order valence-corrected chi connectivity index (χ0v) is 10.1. The van der Waals surface area contributed by atoms with Crippen molar-refractivity contribution < 1.29 is 4.74 Å². The molecule has 0 radical (unpaired) electrons. The zero-order valence-electron chi connectivity index (χ0n) is 10.1. The van der Waals surface area contributed by atoms with Crippen molar-refractivity contribution in [2.45, 2.75) is 6.54 Å². The smallest absolute Gasteiger partial charge is 0.160 e. The highest BCUT2D eigenvalue weighted by Gasteiger charge is 2.03. The van der Waals surface area contributed by atoms with E-state index >= 15 is 0 Å². The van der Waals surface area contributed by atoms with Crippen molar-refractivity contribution in [3.05, 3.63) is 54.5 Å². The van der Waals surface area contributed by atoms with Gasteiger partial charge in [-0.3, -0.25) is 0 Å². The molecule has 1 aromatic carbocycles. The van der Waals surface area contributed by atoms with Crippen LogP contribution in [0.5, 0.6) is 5.75 Å². The van der Waals surface area contributed by atoms with Crippen molar-refractivity contribution >= 4 is 11.2 Å². The number of pyridine rings is 1. The molecule has 4 nitrogen and oxygen atoms in total. The number of nitrogens with zero attached hydrogens (tertiary/aromatic N) is 3. The van der Waals surface area contributed by atoms with Crippen LogP contribution in [0.3, 0.4) is 0 Å². The van der Waals surface area contributed by atoms with E-state index in [2.05, 4.69) is 9.97 Å². The van der Waals surface area contributed by atoms with Crippen LogP contribution in [0.25, 0.3) is 11.2 Å². The van der Waals surface area contributed by atoms with Crippen molar-refractivity contribution in [2.24, 2.45) is 0 Å². The van der Waals surface area contributed by atoms with Gasteiger partial charge in [-0.05, 0) is 29.8 Å². The summed E-state index contributed by atoms with van der Waals surface area (Å²) in [5, 5.41) is 0. The average molecular weight is 239 g/mol. The molecule has 0 saturated carbocycles. The van der Waals surface area contributed by atoms with Gasteiger partial charge >= 0.3 is 0 Å². The number of hydrogen-bond donors (Lipinski definition) is 0. The molecule has 0 bridgehead atoms. The van der Waals surface area contributed by atoms with E-state index in [1.807, 2.05) is 47.3 Å². The Morgan fingerprint density at radius 2 is 1.94 bits per heavy atom. The highest BCUT2D eigenvalue weighted by Crippen LogP contribution is 2.15. The monoisotopic (exact) mass is 239 g/mol. The molecule has 0 saturated heterocycles. The van der Waals surface area contributed by atoms with E-state index in [1.54, 1.807) is 13.3 Å². The topological polar surface area (TPSA) is 39.9 Å². The number of ether oxygens (including phenoxy) is 1. The molecule has 0 N–H and O–H groups in total. The minimum absolute atomic E-state index is 0.761. The first-order valence-electron chi connectivity index (χ1n) is 5.75. The Morgan fingerprint density at radius 3 is 2.72 bits per heavy atom. The third kappa shape index (κ3) is 1.93. The third-order valence-corrected chi connectivity index (χ3v) is 2.89. The maximum atomic E-state index is 5.14. The molecule has 2 heterocycles. The van der Waals surface area contributed by atoms with Gasteiger partial charge in [-0.15, -0.1) is 0 Å². The van der Waals surface area contributed by atoms with Gasteiger partial charge in [0.25, 0.3) is 0 Å². The lowest BCUT2D eigenvalue weighted by Crippen LogP contribution is -1.98. The molecule has 2 aromatic heterocycles. The molecule has 0 unspecified atom stereocenters. The number of benzene rings is 1. The molecule has 3 aromatic rings. The van der Waals surface area contributed by atoms with E-state index in [0.29, 0.717) is 0 Å². The quantitative estimate of drug-likeness (QED) is 0.705. The van der Waals surface area contributed by atoms with Crippen molar-refractivity contribution in [3.63, 3.8) is 0 Å². The summed E-state index contributed by atoms with van der Waals surface area (Å²) in [7, 11) is 1.67. The van der Waals surface area contributed by atoms with E-state index in [4.69, 9.17) is 4.74 Å². The van der Waals surface area contributed by atoms with E-state index in [1.165, 1.54) is 5.56 Å². The van der Waals surface area contributed by atoms with Crippen LogP contribution in [-0.2, 0) is 6.54 Å². The first-order valence-corrected chi connectivity index (χ1v) is 5.75. The number of hydrogen-bond acceptors (Lipinski definition) is 3. The summed E-state index contributed by atoms with van der Waals surface area (Å²) in [6.07, 6.45) is 3.61. The maximum absolute atomic E-state index is 5.14. The summed E-state index contributed by atoms with van der Waals surface area (Å²) >= 11 is 0. The summed E-state index contributed by atoms with van der Waals surface area (Å²) in [5.74, 6) is 0.868. The number of imidazole rings is 1. The summed E-state index contributed by atoms with van der Waals surface area (Å²) < 4.78 is 7.18. The molecule has 0 amide bonds. The summed E-state index contributed by atoms with van der Waals surface area (Å²) in [6, 6.07) is 11.9. The number of fused-ring (bicyclic) bond motifs is 1. The molecule has 0 aliphatic carbocycles. The summed E-state index contributed by atoms with van der Waals surface area (Å²) in [5.41, 5.74) is 3.03. The second-order valence-electron chi connectivity index (χ2n) is 4.07. The van der Waals surface area contributed by atoms with Crippen LogP contribution in [0.2, 0.25) is 0 Å². The number of methoxy groups -OCH3 is 1. The van der Waals surface area contributed by atoms with Crippen LogP contribution in [0, 0.1) is 0 Å². The van der Waals surface area contributed by atoms with Crippen LogP contribution in [0.1, 0.15) is 5.56 Å². The van der Waals surface area contributed by atoms with E-state index < -0.39 is 0 Å². The summed E-state index contributed by atoms with van der Waals surface area (Å²) in [4.78, 5) is 8.67. The average Bonchev–Trinajstić information content (AvgIpc) is 2.83. The normalized spacial score (nSPS) is 10.7. The Balaban J connectivity index is 1.91. The molecule has 0 aliphatic heterocycles. The molecule has 4 heteroatoms. The molecular weight excluding hydrogens is 226 g/mol.